The fourth-order valence-electron chi connectivity index (χ4n) is 4.49. The molecule has 0 bridgehead atoms. The number of nitrogens with one attached hydrogen (secondary N) is 1. The number of nitrogens with zero attached hydrogens (tertiary/aromatic N) is 2. The molecule has 7 nitrogen and oxygen atoms in total. The molecule has 0 spiro atoms. The van der Waals surface area contributed by atoms with E-state index in [1.165, 1.54) is 25.5 Å². The van der Waals surface area contributed by atoms with E-state index >= 15 is 0 Å². The molecule has 1 saturated carbocycles. The lowest BCUT2D eigenvalue weighted by Gasteiger charge is -2.29. The lowest BCUT2D eigenvalue weighted by atomic mass is 9.84. The van der Waals surface area contributed by atoms with Gasteiger partial charge in [0.2, 0.25) is 5.91 Å². The summed E-state index contributed by atoms with van der Waals surface area (Å²) in [4.78, 5) is 33.3. The predicted octanol–water partition coefficient (Wildman–Crippen LogP) is 4.04. The number of aliphatic hydroxyl groups excluding tert-OH is 1. The Bertz CT molecular complexity index is 898. The Hall–Kier alpha value is -2.54. The van der Waals surface area contributed by atoms with Gasteiger partial charge in [0.15, 0.2) is 5.69 Å². The normalized spacial score (nSPS) is 17.5. The van der Waals surface area contributed by atoms with Crippen molar-refractivity contribution >= 4 is 22.9 Å². The van der Waals surface area contributed by atoms with Crippen molar-refractivity contribution < 1.29 is 19.4 Å². The predicted molar refractivity (Wildman–Crippen MR) is 123 cm³/mol. The highest BCUT2D eigenvalue weighted by atomic mass is 16.6. The van der Waals surface area contributed by atoms with E-state index in [9.17, 15) is 14.7 Å². The SMILES string of the molecule is CNC(=O)C(C)CCC[C@H](O)[C@H](CC1CCCCC1)OC(=O)c1cnc2ccccc2n1. The quantitative estimate of drug-likeness (QED) is 0.540. The number of aromatic nitrogens is 2. The molecule has 1 fully saturated rings. The number of amides is 1. The van der Waals surface area contributed by atoms with Gasteiger partial charge in [0.25, 0.3) is 0 Å². The lowest BCUT2D eigenvalue weighted by molar-refractivity contribution is -0.124. The van der Waals surface area contributed by atoms with Crippen LogP contribution in [0.15, 0.2) is 30.5 Å². The minimum Gasteiger partial charge on any atom is -0.455 e. The van der Waals surface area contributed by atoms with Gasteiger partial charge in [-0.2, -0.15) is 0 Å². The molecule has 1 unspecified atom stereocenters. The van der Waals surface area contributed by atoms with Crippen LogP contribution >= 0.6 is 0 Å². The first-order chi connectivity index (χ1) is 15.5. The molecule has 1 aliphatic carbocycles. The third-order valence-electron chi connectivity index (χ3n) is 6.47. The molecule has 1 aromatic heterocycles. The van der Waals surface area contributed by atoms with Crippen molar-refractivity contribution in [3.05, 3.63) is 36.2 Å². The Kier molecular flexibility index (Phi) is 8.97. The van der Waals surface area contributed by atoms with Crippen LogP contribution in [0.2, 0.25) is 0 Å². The molecule has 0 aliphatic heterocycles. The van der Waals surface area contributed by atoms with E-state index in [4.69, 9.17) is 4.74 Å². The molecule has 0 saturated heterocycles. The van der Waals surface area contributed by atoms with Crippen LogP contribution in [0, 0.1) is 11.8 Å². The van der Waals surface area contributed by atoms with E-state index in [0.717, 1.165) is 12.8 Å². The number of aliphatic hydroxyl groups is 1. The Labute approximate surface area is 190 Å². The molecule has 1 aromatic carbocycles. The third-order valence-corrected chi connectivity index (χ3v) is 6.47. The number of hydrogen-bond acceptors (Lipinski definition) is 6. The van der Waals surface area contributed by atoms with Crippen LogP contribution in [0.3, 0.4) is 0 Å². The first-order valence-corrected chi connectivity index (χ1v) is 11.8. The van der Waals surface area contributed by atoms with Crippen molar-refractivity contribution in [3.63, 3.8) is 0 Å². The molecule has 1 amide bonds. The van der Waals surface area contributed by atoms with Gasteiger partial charge in [-0.1, -0.05) is 51.2 Å². The van der Waals surface area contributed by atoms with Crippen molar-refractivity contribution in [2.45, 2.75) is 76.9 Å². The first-order valence-electron chi connectivity index (χ1n) is 11.8. The van der Waals surface area contributed by atoms with Crippen LogP contribution in [0.5, 0.6) is 0 Å². The second kappa shape index (κ2) is 11.9. The smallest absolute Gasteiger partial charge is 0.358 e. The highest BCUT2D eigenvalue weighted by Gasteiger charge is 2.29. The summed E-state index contributed by atoms with van der Waals surface area (Å²) in [6, 6.07) is 7.37. The number of para-hydroxylation sites is 2. The monoisotopic (exact) mass is 441 g/mol. The summed E-state index contributed by atoms with van der Waals surface area (Å²) < 4.78 is 5.81. The summed E-state index contributed by atoms with van der Waals surface area (Å²) in [7, 11) is 1.63. The van der Waals surface area contributed by atoms with Crippen molar-refractivity contribution in [2.75, 3.05) is 7.05 Å². The maximum absolute atomic E-state index is 12.9. The second-order valence-corrected chi connectivity index (χ2v) is 8.94. The van der Waals surface area contributed by atoms with Crippen molar-refractivity contribution in [2.24, 2.45) is 11.8 Å². The van der Waals surface area contributed by atoms with Crippen LogP contribution in [0.1, 0.15) is 75.2 Å². The van der Waals surface area contributed by atoms with Crippen LogP contribution in [0.25, 0.3) is 11.0 Å². The molecule has 0 radical (unpaired) electrons. The molecule has 1 heterocycles. The summed E-state index contributed by atoms with van der Waals surface area (Å²) in [6.07, 6.45) is 8.38. The number of fused-ring (bicyclic) bond motifs is 1. The standard InChI is InChI=1S/C25H35N3O4/c1-17(24(30)26-2)9-8-14-22(29)23(15-18-10-4-3-5-11-18)32-25(31)21-16-27-19-12-6-7-13-20(19)28-21/h6-7,12-13,16-18,22-23,29H,3-5,8-11,14-15H2,1-2H3,(H,26,30)/t17?,22-,23-/m0/s1. The Morgan fingerprint density at radius 1 is 1.16 bits per heavy atom. The molecule has 32 heavy (non-hydrogen) atoms. The van der Waals surface area contributed by atoms with Crippen molar-refractivity contribution in [1.29, 1.82) is 0 Å². The fourth-order valence-corrected chi connectivity index (χ4v) is 4.49. The average Bonchev–Trinajstić information content (AvgIpc) is 2.83. The Morgan fingerprint density at radius 3 is 2.59 bits per heavy atom. The number of ether oxygens (including phenoxy) is 1. The van der Waals surface area contributed by atoms with Gasteiger partial charge in [-0.15, -0.1) is 0 Å². The molecule has 174 valence electrons. The van der Waals surface area contributed by atoms with E-state index in [1.807, 2.05) is 25.1 Å². The van der Waals surface area contributed by atoms with Gasteiger partial charge in [-0.05, 0) is 43.7 Å². The van der Waals surface area contributed by atoms with E-state index in [2.05, 4.69) is 15.3 Å². The minimum absolute atomic E-state index is 0.000415. The Balaban J connectivity index is 1.65. The van der Waals surface area contributed by atoms with Gasteiger partial charge in [0.05, 0.1) is 23.3 Å². The molecule has 1 aliphatic rings. The zero-order valence-corrected chi connectivity index (χ0v) is 19.1. The number of esters is 1. The largest absolute Gasteiger partial charge is 0.455 e. The molecule has 2 aromatic rings. The topological polar surface area (TPSA) is 101 Å². The first kappa shape index (κ1) is 24.1. The van der Waals surface area contributed by atoms with Gasteiger partial charge in [-0.3, -0.25) is 9.78 Å². The average molecular weight is 442 g/mol. The summed E-state index contributed by atoms with van der Waals surface area (Å²) in [5.41, 5.74) is 1.50. The molecular weight excluding hydrogens is 406 g/mol. The van der Waals surface area contributed by atoms with Gasteiger partial charge < -0.3 is 15.2 Å². The molecule has 2 N–H and O–H groups in total. The Morgan fingerprint density at radius 2 is 1.88 bits per heavy atom. The zero-order chi connectivity index (χ0) is 22.9. The number of hydrogen-bond donors (Lipinski definition) is 2. The highest BCUT2D eigenvalue weighted by molar-refractivity contribution is 5.89. The van der Waals surface area contributed by atoms with Crippen LogP contribution in [-0.2, 0) is 9.53 Å². The van der Waals surface area contributed by atoms with E-state index < -0.39 is 18.2 Å². The van der Waals surface area contributed by atoms with Gasteiger partial charge >= 0.3 is 5.97 Å². The summed E-state index contributed by atoms with van der Waals surface area (Å²) in [5, 5.41) is 13.6. The number of carbonyl (C=O) groups is 2. The number of benzene rings is 1. The van der Waals surface area contributed by atoms with Gasteiger partial charge in [0, 0.05) is 13.0 Å². The van der Waals surface area contributed by atoms with Crippen molar-refractivity contribution in [1.82, 2.24) is 15.3 Å². The molecule has 7 heteroatoms. The van der Waals surface area contributed by atoms with E-state index in [-0.39, 0.29) is 17.5 Å². The van der Waals surface area contributed by atoms with Gasteiger partial charge in [0.1, 0.15) is 6.10 Å². The van der Waals surface area contributed by atoms with Crippen LogP contribution in [-0.4, -0.2) is 46.2 Å². The maximum Gasteiger partial charge on any atom is 0.358 e. The minimum atomic E-state index is -0.772. The van der Waals surface area contributed by atoms with Gasteiger partial charge in [-0.25, -0.2) is 9.78 Å². The third kappa shape index (κ3) is 6.73. The molecular formula is C25H35N3O4. The highest BCUT2D eigenvalue weighted by Crippen LogP contribution is 2.30. The number of carbonyl (C=O) groups excluding carboxylic acids is 2. The zero-order valence-electron chi connectivity index (χ0n) is 19.1. The van der Waals surface area contributed by atoms with Crippen LogP contribution in [0.4, 0.5) is 0 Å². The second-order valence-electron chi connectivity index (χ2n) is 8.94. The maximum atomic E-state index is 12.9. The van der Waals surface area contributed by atoms with E-state index in [1.54, 1.807) is 13.1 Å². The van der Waals surface area contributed by atoms with Crippen LogP contribution < -0.4 is 5.32 Å². The number of rotatable bonds is 10. The lowest BCUT2D eigenvalue weighted by Crippen LogP contribution is -2.34. The molecule has 3 atom stereocenters. The fraction of sp³-hybridized carbons (Fsp3) is 0.600. The van der Waals surface area contributed by atoms with Crippen molar-refractivity contribution in [3.8, 4) is 0 Å². The summed E-state index contributed by atoms with van der Waals surface area (Å²) >= 11 is 0. The molecule has 3 rings (SSSR count). The van der Waals surface area contributed by atoms with E-state index in [0.29, 0.717) is 42.6 Å². The summed E-state index contributed by atoms with van der Waals surface area (Å²) in [5.74, 6) is -0.218. The summed E-state index contributed by atoms with van der Waals surface area (Å²) in [6.45, 7) is 1.88.